The molecule has 0 bridgehead atoms. The van der Waals surface area contributed by atoms with Crippen LogP contribution in [-0.4, -0.2) is 4.98 Å². The smallest absolute Gasteiger partial charge is 0.166 e. The minimum absolute atomic E-state index is 0.173. The number of nitrogens with zero attached hydrogens (tertiary/aromatic N) is 2. The molecule has 0 aliphatic rings. The quantitative estimate of drug-likeness (QED) is 0.384. The largest absolute Gasteiger partial charge is 0.454 e. The average Bonchev–Trinajstić information content (AvgIpc) is 2.81. The summed E-state index contributed by atoms with van der Waals surface area (Å²) in [5.74, 6) is 1.00. The van der Waals surface area contributed by atoms with Crippen LogP contribution >= 0.6 is 0 Å². The highest BCUT2D eigenvalue weighted by Crippen LogP contribution is 2.29. The lowest BCUT2D eigenvalue weighted by Crippen LogP contribution is -2.08. The van der Waals surface area contributed by atoms with Crippen molar-refractivity contribution in [1.29, 1.82) is 5.26 Å². The lowest BCUT2D eigenvalue weighted by molar-refractivity contribution is 0.441. The van der Waals surface area contributed by atoms with E-state index in [4.69, 9.17) is 10.00 Å². The molecule has 5 heteroatoms. The molecule has 4 aromatic rings. The molecule has 0 radical (unpaired) electrons. The minimum Gasteiger partial charge on any atom is -0.454 e. The van der Waals surface area contributed by atoms with Gasteiger partial charge in [0, 0.05) is 6.20 Å². The third-order valence-corrected chi connectivity index (χ3v) is 4.88. The number of ether oxygens (including phenoxy) is 1. The maximum atomic E-state index is 14.6. The molecule has 0 aliphatic heterocycles. The van der Waals surface area contributed by atoms with Gasteiger partial charge in [-0.2, -0.15) is 5.26 Å². The van der Waals surface area contributed by atoms with Crippen LogP contribution in [0.3, 0.4) is 0 Å². The summed E-state index contributed by atoms with van der Waals surface area (Å²) in [6, 6.07) is 27.2. The van der Waals surface area contributed by atoms with Crippen LogP contribution < -0.4 is 10.1 Å². The molecule has 3 aromatic carbocycles. The molecule has 1 aromatic heterocycles. The van der Waals surface area contributed by atoms with Crippen LogP contribution in [0.25, 0.3) is 11.1 Å². The van der Waals surface area contributed by atoms with E-state index in [9.17, 15) is 4.39 Å². The highest BCUT2D eigenvalue weighted by atomic mass is 19.1. The number of pyridine rings is 1. The minimum atomic E-state index is -0.426. The van der Waals surface area contributed by atoms with Crippen molar-refractivity contribution >= 4 is 5.82 Å². The second-order valence-corrected chi connectivity index (χ2v) is 7.09. The van der Waals surface area contributed by atoms with Gasteiger partial charge in [-0.1, -0.05) is 36.4 Å². The molecule has 31 heavy (non-hydrogen) atoms. The summed E-state index contributed by atoms with van der Waals surface area (Å²) < 4.78 is 20.2. The fourth-order valence-corrected chi connectivity index (χ4v) is 3.25. The number of nitrogens with one attached hydrogen (secondary N) is 1. The van der Waals surface area contributed by atoms with Crippen LogP contribution in [-0.2, 0) is 0 Å². The van der Waals surface area contributed by atoms with Gasteiger partial charge in [0.2, 0.25) is 0 Å². The van der Waals surface area contributed by atoms with Gasteiger partial charge in [0.25, 0.3) is 0 Å². The molecule has 0 saturated carbocycles. The van der Waals surface area contributed by atoms with Gasteiger partial charge in [-0.25, -0.2) is 9.37 Å². The first-order valence-corrected chi connectivity index (χ1v) is 9.88. The van der Waals surface area contributed by atoms with Crippen molar-refractivity contribution < 1.29 is 9.13 Å². The monoisotopic (exact) mass is 409 g/mol. The van der Waals surface area contributed by atoms with Crippen molar-refractivity contribution in [2.45, 2.75) is 13.0 Å². The summed E-state index contributed by atoms with van der Waals surface area (Å²) in [5, 5.41) is 12.4. The second kappa shape index (κ2) is 9.10. The zero-order valence-electron chi connectivity index (χ0n) is 16.9. The first-order valence-electron chi connectivity index (χ1n) is 9.88. The van der Waals surface area contributed by atoms with E-state index in [1.165, 1.54) is 6.07 Å². The summed E-state index contributed by atoms with van der Waals surface area (Å²) in [6.07, 6.45) is 1.71. The van der Waals surface area contributed by atoms with E-state index in [0.29, 0.717) is 17.1 Å². The summed E-state index contributed by atoms with van der Waals surface area (Å²) in [6.45, 7) is 1.94. The van der Waals surface area contributed by atoms with E-state index < -0.39 is 5.82 Å². The molecule has 1 N–H and O–H groups in total. The van der Waals surface area contributed by atoms with Gasteiger partial charge in [0.05, 0.1) is 17.7 Å². The molecule has 4 rings (SSSR count). The predicted octanol–water partition coefficient (Wildman–Crippen LogP) is 6.72. The fraction of sp³-hybridized carbons (Fsp3) is 0.0769. The number of halogens is 1. The summed E-state index contributed by atoms with van der Waals surface area (Å²) in [5.41, 5.74) is 3.26. The van der Waals surface area contributed by atoms with Crippen LogP contribution in [0.5, 0.6) is 11.5 Å². The van der Waals surface area contributed by atoms with Crippen LogP contribution in [0.1, 0.15) is 24.1 Å². The average molecular weight is 409 g/mol. The first kappa shape index (κ1) is 20.1. The Kier molecular flexibility index (Phi) is 5.91. The molecule has 1 atom stereocenters. The Hall–Kier alpha value is -4.17. The zero-order chi connectivity index (χ0) is 21.6. The van der Waals surface area contributed by atoms with Gasteiger partial charge in [-0.15, -0.1) is 0 Å². The van der Waals surface area contributed by atoms with Gasteiger partial charge in [0.1, 0.15) is 11.6 Å². The Morgan fingerprint density at radius 3 is 2.52 bits per heavy atom. The standard InChI is InChI=1S/C26H20FN3O/c1-18(20-10-11-25(24(27)15-20)31-23-8-3-2-4-9-23)30-26-16-22(12-13-29-26)21-7-5-6-19(14-21)17-28/h2-16,18H,1H3,(H,29,30). The lowest BCUT2D eigenvalue weighted by atomic mass is 10.0. The number of aromatic nitrogens is 1. The van der Waals surface area contributed by atoms with Crippen molar-refractivity contribution in [2.24, 2.45) is 0 Å². The zero-order valence-corrected chi connectivity index (χ0v) is 16.9. The molecule has 0 aliphatic carbocycles. The molecule has 152 valence electrons. The molecule has 0 spiro atoms. The normalized spacial score (nSPS) is 11.4. The van der Waals surface area contributed by atoms with Crippen LogP contribution in [0.4, 0.5) is 10.2 Å². The van der Waals surface area contributed by atoms with Gasteiger partial charge in [-0.05, 0) is 72.1 Å². The van der Waals surface area contributed by atoms with E-state index >= 15 is 0 Å². The van der Waals surface area contributed by atoms with E-state index in [-0.39, 0.29) is 11.8 Å². The Balaban J connectivity index is 1.50. The van der Waals surface area contributed by atoms with Gasteiger partial charge >= 0.3 is 0 Å². The van der Waals surface area contributed by atoms with Gasteiger partial charge < -0.3 is 10.1 Å². The fourth-order valence-electron chi connectivity index (χ4n) is 3.25. The number of rotatable bonds is 6. The number of anilines is 1. The van der Waals surface area contributed by atoms with Crippen LogP contribution in [0.15, 0.2) is 91.1 Å². The molecule has 4 nitrogen and oxygen atoms in total. The Morgan fingerprint density at radius 1 is 0.935 bits per heavy atom. The third-order valence-electron chi connectivity index (χ3n) is 4.88. The van der Waals surface area contributed by atoms with Crippen molar-refractivity contribution in [1.82, 2.24) is 4.98 Å². The topological polar surface area (TPSA) is 57.9 Å². The highest BCUT2D eigenvalue weighted by molar-refractivity contribution is 5.67. The number of para-hydroxylation sites is 1. The molecular formula is C26H20FN3O. The first-order chi connectivity index (χ1) is 15.1. The Morgan fingerprint density at radius 2 is 1.74 bits per heavy atom. The van der Waals surface area contributed by atoms with Gasteiger partial charge in [-0.3, -0.25) is 0 Å². The Bertz CT molecular complexity index is 1230. The molecule has 0 amide bonds. The van der Waals surface area contributed by atoms with Crippen molar-refractivity contribution in [3.8, 4) is 28.7 Å². The van der Waals surface area contributed by atoms with Gasteiger partial charge in [0.15, 0.2) is 11.6 Å². The summed E-state index contributed by atoms with van der Waals surface area (Å²) >= 11 is 0. The van der Waals surface area contributed by atoms with Crippen molar-refractivity contribution in [2.75, 3.05) is 5.32 Å². The molecule has 1 unspecified atom stereocenters. The summed E-state index contributed by atoms with van der Waals surface area (Å²) in [4.78, 5) is 4.37. The molecule has 0 fully saturated rings. The predicted molar refractivity (Wildman–Crippen MR) is 119 cm³/mol. The van der Waals surface area contributed by atoms with E-state index in [0.717, 1.165) is 16.7 Å². The lowest BCUT2D eigenvalue weighted by Gasteiger charge is -2.17. The molecular weight excluding hydrogens is 389 g/mol. The van der Waals surface area contributed by atoms with Crippen LogP contribution in [0, 0.1) is 17.1 Å². The maximum absolute atomic E-state index is 14.6. The Labute approximate surface area is 180 Å². The number of benzene rings is 3. The molecule has 1 heterocycles. The van der Waals surface area contributed by atoms with E-state index in [2.05, 4.69) is 16.4 Å². The highest BCUT2D eigenvalue weighted by Gasteiger charge is 2.12. The van der Waals surface area contributed by atoms with E-state index in [1.807, 2.05) is 61.5 Å². The van der Waals surface area contributed by atoms with Crippen LogP contribution in [0.2, 0.25) is 0 Å². The number of nitriles is 1. The number of hydrogen-bond donors (Lipinski definition) is 1. The summed E-state index contributed by atoms with van der Waals surface area (Å²) in [7, 11) is 0. The van der Waals surface area contributed by atoms with Crippen molar-refractivity contribution in [3.05, 3.63) is 108 Å². The second-order valence-electron chi connectivity index (χ2n) is 7.09. The number of hydrogen-bond acceptors (Lipinski definition) is 4. The maximum Gasteiger partial charge on any atom is 0.166 e. The SMILES string of the molecule is CC(Nc1cc(-c2cccc(C#N)c2)ccn1)c1ccc(Oc2ccccc2)c(F)c1. The van der Waals surface area contributed by atoms with Crippen molar-refractivity contribution in [3.63, 3.8) is 0 Å². The van der Waals surface area contributed by atoms with E-state index in [1.54, 1.807) is 30.5 Å². The molecule has 0 saturated heterocycles. The third kappa shape index (κ3) is 4.88.